The number of nitrogens with one attached hydrogen (secondary N) is 1. The Morgan fingerprint density at radius 3 is 2.85 bits per heavy atom. The fourth-order valence-corrected chi connectivity index (χ4v) is 1.55. The number of aryl methyl sites for hydroxylation is 2. The van der Waals surface area contributed by atoms with Crippen molar-refractivity contribution in [1.29, 1.82) is 0 Å². The average molecular weight is 174 g/mol. The summed E-state index contributed by atoms with van der Waals surface area (Å²) in [5.41, 5.74) is 4.08. The molecule has 1 aromatic heterocycles. The molecule has 66 valence electrons. The largest absolute Gasteiger partial charge is 0.336 e. The predicted octanol–water partition coefficient (Wildman–Crippen LogP) is 1.99. The monoisotopic (exact) mass is 174 g/mol. The molecule has 0 unspecified atom stereocenters. The van der Waals surface area contributed by atoms with Crippen LogP contribution in [0.25, 0.3) is 11.0 Å². The predicted molar refractivity (Wildman–Crippen MR) is 51.0 cm³/mol. The fraction of sp³-hybridized carbons (Fsp3) is 0.200. The molecule has 0 radical (unpaired) electrons. The van der Waals surface area contributed by atoms with Gasteiger partial charge in [-0.3, -0.25) is 4.79 Å². The average Bonchev–Trinajstić information content (AvgIpc) is 2.47. The van der Waals surface area contributed by atoms with Gasteiger partial charge in [0.25, 0.3) is 0 Å². The highest BCUT2D eigenvalue weighted by atomic mass is 16.1. The summed E-state index contributed by atoms with van der Waals surface area (Å²) in [6, 6.07) is 4.04. The summed E-state index contributed by atoms with van der Waals surface area (Å²) in [6.07, 6.45) is 0.731. The molecule has 0 spiro atoms. The summed E-state index contributed by atoms with van der Waals surface area (Å²) < 4.78 is 0. The fourth-order valence-electron chi connectivity index (χ4n) is 1.55. The summed E-state index contributed by atoms with van der Waals surface area (Å²) in [5.74, 6) is 0.392. The van der Waals surface area contributed by atoms with E-state index in [4.69, 9.17) is 0 Å². The third kappa shape index (κ3) is 1.22. The molecule has 1 N–H and O–H groups in total. The van der Waals surface area contributed by atoms with Crippen molar-refractivity contribution in [2.75, 3.05) is 0 Å². The van der Waals surface area contributed by atoms with Crippen LogP contribution in [0.15, 0.2) is 12.1 Å². The first-order valence-corrected chi connectivity index (χ1v) is 4.13. The Bertz CT molecular complexity index is 471. The minimum Gasteiger partial charge on any atom is -0.336 e. The molecule has 3 heteroatoms. The number of aldehydes is 1. The van der Waals surface area contributed by atoms with E-state index < -0.39 is 0 Å². The minimum atomic E-state index is 0.392. The van der Waals surface area contributed by atoms with Crippen molar-refractivity contribution in [3.63, 3.8) is 0 Å². The van der Waals surface area contributed by atoms with Gasteiger partial charge in [0, 0.05) is 0 Å². The molecule has 0 saturated heterocycles. The van der Waals surface area contributed by atoms with Gasteiger partial charge in [-0.05, 0) is 31.0 Å². The number of hydrogen-bond donors (Lipinski definition) is 1. The third-order valence-electron chi connectivity index (χ3n) is 2.05. The SMILES string of the molecule is Cc1cc(C)c2nc(C=O)[nH]c2c1. The van der Waals surface area contributed by atoms with Crippen LogP contribution in [-0.4, -0.2) is 16.3 Å². The van der Waals surface area contributed by atoms with Gasteiger partial charge in [-0.25, -0.2) is 4.98 Å². The Morgan fingerprint density at radius 2 is 2.15 bits per heavy atom. The number of imidazole rings is 1. The number of nitrogens with zero attached hydrogens (tertiary/aromatic N) is 1. The molecule has 0 amide bonds. The van der Waals surface area contributed by atoms with E-state index in [1.165, 1.54) is 5.56 Å². The molecule has 1 heterocycles. The number of aromatic nitrogens is 2. The Morgan fingerprint density at radius 1 is 1.38 bits per heavy atom. The van der Waals surface area contributed by atoms with Gasteiger partial charge < -0.3 is 4.98 Å². The van der Waals surface area contributed by atoms with Crippen molar-refractivity contribution in [3.8, 4) is 0 Å². The molecule has 2 rings (SSSR count). The highest BCUT2D eigenvalue weighted by molar-refractivity contribution is 5.84. The molecule has 13 heavy (non-hydrogen) atoms. The van der Waals surface area contributed by atoms with Crippen LogP contribution in [0, 0.1) is 13.8 Å². The number of fused-ring (bicyclic) bond motifs is 1. The summed E-state index contributed by atoms with van der Waals surface area (Å²) in [6.45, 7) is 4.01. The second kappa shape index (κ2) is 2.69. The van der Waals surface area contributed by atoms with Crippen LogP contribution in [0.3, 0.4) is 0 Å². The van der Waals surface area contributed by atoms with Crippen LogP contribution >= 0.6 is 0 Å². The van der Waals surface area contributed by atoms with Crippen LogP contribution in [0.2, 0.25) is 0 Å². The third-order valence-corrected chi connectivity index (χ3v) is 2.05. The number of carbonyl (C=O) groups excluding carboxylic acids is 1. The van der Waals surface area contributed by atoms with Gasteiger partial charge in [-0.2, -0.15) is 0 Å². The summed E-state index contributed by atoms with van der Waals surface area (Å²) in [4.78, 5) is 17.6. The van der Waals surface area contributed by atoms with Gasteiger partial charge in [0.05, 0.1) is 11.0 Å². The summed E-state index contributed by atoms with van der Waals surface area (Å²) in [5, 5.41) is 0. The van der Waals surface area contributed by atoms with Gasteiger partial charge in [0.15, 0.2) is 12.1 Å². The van der Waals surface area contributed by atoms with Crippen LogP contribution in [0.1, 0.15) is 21.7 Å². The lowest BCUT2D eigenvalue weighted by molar-refractivity contribution is 0.111. The molecule has 0 atom stereocenters. The number of rotatable bonds is 1. The van der Waals surface area contributed by atoms with Gasteiger partial charge >= 0.3 is 0 Å². The lowest BCUT2D eigenvalue weighted by Gasteiger charge is -1.96. The van der Waals surface area contributed by atoms with Crippen molar-refractivity contribution in [2.45, 2.75) is 13.8 Å². The Balaban J connectivity index is 2.82. The van der Waals surface area contributed by atoms with Gasteiger partial charge in [0.1, 0.15) is 0 Å². The molecule has 3 nitrogen and oxygen atoms in total. The second-order valence-electron chi connectivity index (χ2n) is 3.22. The Labute approximate surface area is 75.8 Å². The standard InChI is InChI=1S/C10H10N2O/c1-6-3-7(2)10-8(4-6)11-9(5-13)12-10/h3-5H,1-2H3,(H,11,12). The summed E-state index contributed by atoms with van der Waals surface area (Å²) in [7, 11) is 0. The molecule has 1 aromatic carbocycles. The van der Waals surface area contributed by atoms with E-state index in [9.17, 15) is 4.79 Å². The molecular weight excluding hydrogens is 164 g/mol. The van der Waals surface area contributed by atoms with E-state index in [1.54, 1.807) is 0 Å². The van der Waals surface area contributed by atoms with Crippen molar-refractivity contribution < 1.29 is 4.79 Å². The molecule has 2 aromatic rings. The van der Waals surface area contributed by atoms with Crippen molar-refractivity contribution in [3.05, 3.63) is 29.1 Å². The van der Waals surface area contributed by atoms with Crippen LogP contribution < -0.4 is 0 Å². The maximum absolute atomic E-state index is 10.5. The first-order chi connectivity index (χ1) is 6.20. The molecule has 0 aliphatic heterocycles. The minimum absolute atomic E-state index is 0.392. The molecule has 0 aliphatic carbocycles. The number of hydrogen-bond acceptors (Lipinski definition) is 2. The lowest BCUT2D eigenvalue weighted by atomic mass is 10.1. The zero-order chi connectivity index (χ0) is 9.42. The van der Waals surface area contributed by atoms with Gasteiger partial charge in [0.2, 0.25) is 0 Å². The van der Waals surface area contributed by atoms with Crippen LogP contribution in [-0.2, 0) is 0 Å². The van der Waals surface area contributed by atoms with Gasteiger partial charge in [-0.1, -0.05) is 6.07 Å². The summed E-state index contributed by atoms with van der Waals surface area (Å²) >= 11 is 0. The first kappa shape index (κ1) is 7.98. The quantitative estimate of drug-likeness (QED) is 0.672. The molecule has 0 saturated carbocycles. The van der Waals surface area contributed by atoms with E-state index >= 15 is 0 Å². The lowest BCUT2D eigenvalue weighted by Crippen LogP contribution is -1.80. The first-order valence-electron chi connectivity index (χ1n) is 4.13. The number of aromatic amines is 1. The van der Waals surface area contributed by atoms with E-state index in [1.807, 2.05) is 19.9 Å². The second-order valence-corrected chi connectivity index (χ2v) is 3.22. The highest BCUT2D eigenvalue weighted by Gasteiger charge is 2.04. The van der Waals surface area contributed by atoms with E-state index in [0.717, 1.165) is 22.9 Å². The van der Waals surface area contributed by atoms with E-state index in [2.05, 4.69) is 16.0 Å². The zero-order valence-electron chi connectivity index (χ0n) is 7.59. The molecule has 0 bridgehead atoms. The zero-order valence-corrected chi connectivity index (χ0v) is 7.59. The Hall–Kier alpha value is -1.64. The van der Waals surface area contributed by atoms with E-state index in [-0.39, 0.29) is 0 Å². The van der Waals surface area contributed by atoms with Crippen molar-refractivity contribution >= 4 is 17.3 Å². The number of H-pyrrole nitrogens is 1. The van der Waals surface area contributed by atoms with Gasteiger partial charge in [-0.15, -0.1) is 0 Å². The smallest absolute Gasteiger partial charge is 0.185 e. The molecular formula is C10H10N2O. The topological polar surface area (TPSA) is 45.8 Å². The maximum Gasteiger partial charge on any atom is 0.185 e. The van der Waals surface area contributed by atoms with Crippen molar-refractivity contribution in [2.24, 2.45) is 0 Å². The molecule has 0 aliphatic rings. The van der Waals surface area contributed by atoms with Crippen LogP contribution in [0.5, 0.6) is 0 Å². The number of benzene rings is 1. The maximum atomic E-state index is 10.5. The highest BCUT2D eigenvalue weighted by Crippen LogP contribution is 2.17. The molecule has 0 fully saturated rings. The van der Waals surface area contributed by atoms with Crippen molar-refractivity contribution in [1.82, 2.24) is 9.97 Å². The van der Waals surface area contributed by atoms with E-state index in [0.29, 0.717) is 5.82 Å². The Kier molecular flexibility index (Phi) is 1.65. The normalized spacial score (nSPS) is 10.6. The van der Waals surface area contributed by atoms with Crippen LogP contribution in [0.4, 0.5) is 0 Å². The number of carbonyl (C=O) groups is 1.